The highest BCUT2D eigenvalue weighted by Crippen LogP contribution is 2.37. The Kier molecular flexibility index (Phi) is 5.03. The molecule has 3 unspecified atom stereocenters. The van der Waals surface area contributed by atoms with Gasteiger partial charge in [0, 0.05) is 49.1 Å². The molecular weight excluding hydrogens is 414 g/mol. The number of nitrogens with zero attached hydrogens (tertiary/aromatic N) is 2. The SMILES string of the molecule is CC(=O)N1CCC2C1CCN2c1cc(F)cc(NC(=O)C2Cc3c(F)ccc(C)c3N2)c1. The highest BCUT2D eigenvalue weighted by atomic mass is 19.1. The van der Waals surface area contributed by atoms with Crippen LogP contribution in [0.15, 0.2) is 30.3 Å². The van der Waals surface area contributed by atoms with Gasteiger partial charge in [0.15, 0.2) is 0 Å². The number of carbonyl (C=O) groups excluding carboxylic acids is 2. The van der Waals surface area contributed by atoms with Crippen LogP contribution >= 0.6 is 0 Å². The molecule has 6 nitrogen and oxygen atoms in total. The summed E-state index contributed by atoms with van der Waals surface area (Å²) >= 11 is 0. The smallest absolute Gasteiger partial charge is 0.247 e. The van der Waals surface area contributed by atoms with Gasteiger partial charge in [0.1, 0.15) is 17.7 Å². The van der Waals surface area contributed by atoms with Gasteiger partial charge in [0.05, 0.1) is 12.1 Å². The summed E-state index contributed by atoms with van der Waals surface area (Å²) < 4.78 is 28.6. The number of hydrogen-bond acceptors (Lipinski definition) is 4. The molecule has 3 aliphatic heterocycles. The van der Waals surface area contributed by atoms with Crippen LogP contribution in [0.25, 0.3) is 0 Å². The van der Waals surface area contributed by atoms with Crippen molar-refractivity contribution in [2.24, 2.45) is 0 Å². The molecule has 3 aliphatic rings. The molecule has 8 heteroatoms. The molecule has 168 valence electrons. The average Bonchev–Trinajstić information content (AvgIpc) is 3.44. The monoisotopic (exact) mass is 440 g/mol. The Bertz CT molecular complexity index is 1070. The fraction of sp³-hybridized carbons (Fsp3) is 0.417. The summed E-state index contributed by atoms with van der Waals surface area (Å²) in [6.07, 6.45) is 1.93. The van der Waals surface area contributed by atoms with Gasteiger partial charge in [-0.25, -0.2) is 8.78 Å². The highest BCUT2D eigenvalue weighted by molar-refractivity contribution is 5.98. The maximum absolute atomic E-state index is 14.5. The van der Waals surface area contributed by atoms with Gasteiger partial charge in [-0.3, -0.25) is 9.59 Å². The summed E-state index contributed by atoms with van der Waals surface area (Å²) in [5.41, 5.74) is 3.10. The largest absolute Gasteiger partial charge is 0.373 e. The number of halogens is 2. The van der Waals surface area contributed by atoms with Crippen LogP contribution in [0.4, 0.5) is 25.8 Å². The molecule has 3 atom stereocenters. The van der Waals surface area contributed by atoms with Gasteiger partial charge in [0.25, 0.3) is 0 Å². The second kappa shape index (κ2) is 7.76. The zero-order chi connectivity index (χ0) is 22.6. The first-order valence-electron chi connectivity index (χ1n) is 11.0. The molecule has 2 aromatic carbocycles. The summed E-state index contributed by atoms with van der Waals surface area (Å²) in [4.78, 5) is 28.8. The number of anilines is 3. The van der Waals surface area contributed by atoms with Gasteiger partial charge in [-0.15, -0.1) is 0 Å². The molecule has 2 N–H and O–H groups in total. The fourth-order valence-electron chi connectivity index (χ4n) is 5.47. The maximum atomic E-state index is 14.5. The summed E-state index contributed by atoms with van der Waals surface area (Å²) in [5.74, 6) is -1.03. The summed E-state index contributed by atoms with van der Waals surface area (Å²) in [5, 5.41) is 5.89. The summed E-state index contributed by atoms with van der Waals surface area (Å²) in [6.45, 7) is 4.89. The van der Waals surface area contributed by atoms with Crippen LogP contribution in [-0.4, -0.2) is 47.9 Å². The van der Waals surface area contributed by atoms with Crippen LogP contribution in [0.2, 0.25) is 0 Å². The Balaban J connectivity index is 1.32. The lowest BCUT2D eigenvalue weighted by Gasteiger charge is -2.27. The molecule has 0 aromatic heterocycles. The van der Waals surface area contributed by atoms with Gasteiger partial charge in [0.2, 0.25) is 11.8 Å². The molecule has 32 heavy (non-hydrogen) atoms. The first-order chi connectivity index (χ1) is 15.3. The van der Waals surface area contributed by atoms with Gasteiger partial charge in [-0.1, -0.05) is 6.07 Å². The van der Waals surface area contributed by atoms with Crippen molar-refractivity contribution in [3.8, 4) is 0 Å². The van der Waals surface area contributed by atoms with Gasteiger partial charge < -0.3 is 20.4 Å². The van der Waals surface area contributed by atoms with Crippen molar-refractivity contribution in [3.05, 3.63) is 53.1 Å². The molecule has 2 fully saturated rings. The Labute approximate surface area is 185 Å². The molecule has 2 saturated heterocycles. The number of hydrogen-bond donors (Lipinski definition) is 2. The summed E-state index contributed by atoms with van der Waals surface area (Å²) in [6, 6.07) is 7.30. The van der Waals surface area contributed by atoms with Crippen molar-refractivity contribution in [2.75, 3.05) is 28.6 Å². The number of likely N-dealkylation sites (tertiary alicyclic amines) is 1. The van der Waals surface area contributed by atoms with Crippen molar-refractivity contribution in [2.45, 2.75) is 51.2 Å². The van der Waals surface area contributed by atoms with E-state index in [0.717, 1.165) is 24.9 Å². The number of aryl methyl sites for hydroxylation is 1. The number of nitrogens with one attached hydrogen (secondary N) is 2. The van der Waals surface area contributed by atoms with Crippen LogP contribution in [-0.2, 0) is 16.0 Å². The molecule has 0 bridgehead atoms. The predicted molar refractivity (Wildman–Crippen MR) is 119 cm³/mol. The zero-order valence-corrected chi connectivity index (χ0v) is 18.1. The average molecular weight is 440 g/mol. The lowest BCUT2D eigenvalue weighted by molar-refractivity contribution is -0.129. The van der Waals surface area contributed by atoms with E-state index in [1.54, 1.807) is 19.1 Å². The number of benzene rings is 2. The van der Waals surface area contributed by atoms with E-state index >= 15 is 0 Å². The normalized spacial score (nSPS) is 23.7. The van der Waals surface area contributed by atoms with Gasteiger partial charge in [-0.05, 0) is 49.6 Å². The summed E-state index contributed by atoms with van der Waals surface area (Å²) in [7, 11) is 0. The van der Waals surface area contributed by atoms with Crippen LogP contribution in [0, 0.1) is 18.6 Å². The standard InChI is InChI=1S/C24H26F2N4O2/c1-13-3-4-19(26)18-12-20(28-23(13)18)24(32)27-16-9-15(25)10-17(11-16)30-8-6-21-22(30)5-7-29(21)14(2)31/h3-4,9-11,20-22,28H,5-8,12H2,1-2H3,(H,27,32). The molecule has 3 heterocycles. The highest BCUT2D eigenvalue weighted by Gasteiger charge is 2.43. The third-order valence-electron chi connectivity index (χ3n) is 6.97. The third kappa shape index (κ3) is 3.47. The zero-order valence-electron chi connectivity index (χ0n) is 18.1. The lowest BCUT2D eigenvalue weighted by atomic mass is 10.1. The fourth-order valence-corrected chi connectivity index (χ4v) is 5.47. The topological polar surface area (TPSA) is 64.7 Å². The van der Waals surface area contributed by atoms with Crippen LogP contribution in [0.3, 0.4) is 0 Å². The Morgan fingerprint density at radius 2 is 1.88 bits per heavy atom. The van der Waals surface area contributed by atoms with E-state index in [0.29, 0.717) is 29.2 Å². The Morgan fingerprint density at radius 3 is 2.62 bits per heavy atom. The van der Waals surface area contributed by atoms with Crippen molar-refractivity contribution in [1.82, 2.24) is 4.90 Å². The molecule has 0 saturated carbocycles. The lowest BCUT2D eigenvalue weighted by Crippen LogP contribution is -2.38. The first-order valence-corrected chi connectivity index (χ1v) is 11.0. The van der Waals surface area contributed by atoms with E-state index in [9.17, 15) is 18.4 Å². The minimum absolute atomic E-state index is 0.0725. The molecule has 0 radical (unpaired) electrons. The van der Waals surface area contributed by atoms with E-state index in [1.807, 2.05) is 11.8 Å². The molecule has 0 spiro atoms. The molecule has 2 amide bonds. The van der Waals surface area contributed by atoms with Crippen molar-refractivity contribution in [1.29, 1.82) is 0 Å². The Morgan fingerprint density at radius 1 is 1.09 bits per heavy atom. The Hall–Kier alpha value is -3.16. The maximum Gasteiger partial charge on any atom is 0.247 e. The van der Waals surface area contributed by atoms with Crippen molar-refractivity contribution >= 4 is 28.9 Å². The minimum atomic E-state index is -0.623. The second-order valence-corrected chi connectivity index (χ2v) is 8.92. The van der Waals surface area contributed by atoms with E-state index < -0.39 is 11.9 Å². The minimum Gasteiger partial charge on any atom is -0.373 e. The quantitative estimate of drug-likeness (QED) is 0.768. The van der Waals surface area contributed by atoms with E-state index in [1.165, 1.54) is 18.2 Å². The number of carbonyl (C=O) groups is 2. The molecule has 0 aliphatic carbocycles. The van der Waals surface area contributed by atoms with Gasteiger partial charge >= 0.3 is 0 Å². The number of amides is 2. The van der Waals surface area contributed by atoms with E-state index in [2.05, 4.69) is 15.5 Å². The van der Waals surface area contributed by atoms with E-state index in [-0.39, 0.29) is 36.1 Å². The predicted octanol–water partition coefficient (Wildman–Crippen LogP) is 3.45. The first kappa shape index (κ1) is 20.7. The third-order valence-corrected chi connectivity index (χ3v) is 6.97. The van der Waals surface area contributed by atoms with Gasteiger partial charge in [-0.2, -0.15) is 0 Å². The van der Waals surface area contributed by atoms with Crippen molar-refractivity contribution < 1.29 is 18.4 Å². The molecule has 5 rings (SSSR count). The molecular formula is C24H26F2N4O2. The van der Waals surface area contributed by atoms with Crippen LogP contribution in [0.5, 0.6) is 0 Å². The second-order valence-electron chi connectivity index (χ2n) is 8.92. The van der Waals surface area contributed by atoms with E-state index in [4.69, 9.17) is 0 Å². The van der Waals surface area contributed by atoms with Crippen LogP contribution < -0.4 is 15.5 Å². The number of fused-ring (bicyclic) bond motifs is 2. The molecule has 2 aromatic rings. The number of rotatable bonds is 3. The van der Waals surface area contributed by atoms with Crippen molar-refractivity contribution in [3.63, 3.8) is 0 Å². The van der Waals surface area contributed by atoms with Crippen LogP contribution in [0.1, 0.15) is 30.9 Å².